The number of azo groups is 1. The zero-order chi connectivity index (χ0) is 25.9. The maximum Gasteiger partial charge on any atom is 0.295 e. The molecule has 0 aliphatic rings. The lowest BCUT2D eigenvalue weighted by Crippen LogP contribution is -2.14. The van der Waals surface area contributed by atoms with E-state index >= 15 is 0 Å². The number of rotatable bonds is 8. The van der Waals surface area contributed by atoms with Gasteiger partial charge in [-0.05, 0) is 42.3 Å². The van der Waals surface area contributed by atoms with Crippen LogP contribution in [-0.4, -0.2) is 31.1 Å². The van der Waals surface area contributed by atoms with Crippen LogP contribution in [0.3, 0.4) is 0 Å². The number of ether oxygens (including phenoxy) is 1. The van der Waals surface area contributed by atoms with E-state index in [1.54, 1.807) is 34.9 Å². The van der Waals surface area contributed by atoms with Crippen molar-refractivity contribution in [1.29, 1.82) is 0 Å². The van der Waals surface area contributed by atoms with Gasteiger partial charge < -0.3 is 14.4 Å². The van der Waals surface area contributed by atoms with E-state index in [9.17, 15) is 18.3 Å². The highest BCUT2D eigenvalue weighted by atomic mass is 32.2. The molecule has 0 saturated carbocycles. The lowest BCUT2D eigenvalue weighted by molar-refractivity contribution is 0.0995. The fourth-order valence-corrected chi connectivity index (χ4v) is 4.92. The minimum Gasteiger partial charge on any atom is -0.495 e. The SMILES string of the molecule is COc1ccccc1NS(=O)(=O)c1cccc(C(=O)N=Nc2c(O)n(CC(C)C)c3ccccc23)c1. The smallest absolute Gasteiger partial charge is 0.295 e. The minimum absolute atomic E-state index is 0.0343. The van der Waals surface area contributed by atoms with Crippen LogP contribution in [0.25, 0.3) is 10.9 Å². The Labute approximate surface area is 209 Å². The molecule has 0 aliphatic carbocycles. The molecule has 0 bridgehead atoms. The third-order valence-electron chi connectivity index (χ3n) is 5.45. The van der Waals surface area contributed by atoms with E-state index in [1.165, 1.54) is 31.4 Å². The molecule has 1 heterocycles. The lowest BCUT2D eigenvalue weighted by Gasteiger charge is -2.11. The summed E-state index contributed by atoms with van der Waals surface area (Å²) < 4.78 is 35.3. The molecule has 3 aromatic carbocycles. The summed E-state index contributed by atoms with van der Waals surface area (Å²) in [7, 11) is -2.57. The van der Waals surface area contributed by atoms with E-state index in [0.29, 0.717) is 17.7 Å². The van der Waals surface area contributed by atoms with Crippen LogP contribution in [-0.2, 0) is 16.6 Å². The van der Waals surface area contributed by atoms with Crippen molar-refractivity contribution in [2.24, 2.45) is 16.1 Å². The molecular weight excluding hydrogens is 480 g/mol. The van der Waals surface area contributed by atoms with Crippen molar-refractivity contribution in [1.82, 2.24) is 4.57 Å². The summed E-state index contributed by atoms with van der Waals surface area (Å²) in [5.74, 6) is -0.200. The summed E-state index contributed by atoms with van der Waals surface area (Å²) in [6, 6.07) is 19.4. The summed E-state index contributed by atoms with van der Waals surface area (Å²) in [6.07, 6.45) is 0. The van der Waals surface area contributed by atoms with Gasteiger partial charge >= 0.3 is 0 Å². The number of hydrogen-bond donors (Lipinski definition) is 2. The molecule has 4 rings (SSSR count). The van der Waals surface area contributed by atoms with Crippen LogP contribution in [0.1, 0.15) is 24.2 Å². The number of nitrogens with zero attached hydrogens (tertiary/aromatic N) is 3. The van der Waals surface area contributed by atoms with E-state index in [4.69, 9.17) is 4.74 Å². The van der Waals surface area contributed by atoms with Gasteiger partial charge in [-0.2, -0.15) is 0 Å². The number of sulfonamides is 1. The number of fused-ring (bicyclic) bond motifs is 1. The standard InChI is InChI=1S/C26H26N4O5S/c1-17(2)16-30-22-13-6-4-11-20(22)24(26(30)32)27-28-25(31)18-9-8-10-19(15-18)36(33,34)29-21-12-5-7-14-23(21)35-3/h4-15,17,29,32H,16H2,1-3H3. The van der Waals surface area contributed by atoms with Crippen molar-refractivity contribution in [3.8, 4) is 11.6 Å². The van der Waals surface area contributed by atoms with Gasteiger partial charge in [0.1, 0.15) is 5.75 Å². The Morgan fingerprint density at radius 3 is 2.53 bits per heavy atom. The first kappa shape index (κ1) is 24.9. The summed E-state index contributed by atoms with van der Waals surface area (Å²) in [4.78, 5) is 12.7. The van der Waals surface area contributed by atoms with Gasteiger partial charge in [-0.15, -0.1) is 10.2 Å². The number of anilines is 1. The second kappa shape index (κ2) is 10.2. The first-order valence-corrected chi connectivity index (χ1v) is 12.7. The van der Waals surface area contributed by atoms with Crippen molar-refractivity contribution in [3.63, 3.8) is 0 Å². The molecule has 186 valence electrons. The quantitative estimate of drug-likeness (QED) is 0.295. The van der Waals surface area contributed by atoms with Crippen molar-refractivity contribution in [2.75, 3.05) is 11.8 Å². The van der Waals surface area contributed by atoms with E-state index in [-0.39, 0.29) is 33.6 Å². The van der Waals surface area contributed by atoms with Crippen molar-refractivity contribution < 1.29 is 23.1 Å². The number of benzene rings is 3. The van der Waals surface area contributed by atoms with Crippen molar-refractivity contribution in [2.45, 2.75) is 25.3 Å². The lowest BCUT2D eigenvalue weighted by atomic mass is 10.2. The number of nitrogens with one attached hydrogen (secondary N) is 1. The van der Waals surface area contributed by atoms with Gasteiger partial charge in [0, 0.05) is 17.5 Å². The molecule has 10 heteroatoms. The van der Waals surface area contributed by atoms with Crippen LogP contribution in [0, 0.1) is 5.92 Å². The summed E-state index contributed by atoms with van der Waals surface area (Å²) in [6.45, 7) is 4.63. The second-order valence-corrected chi connectivity index (χ2v) is 10.2. The van der Waals surface area contributed by atoms with Crippen LogP contribution >= 0.6 is 0 Å². The fourth-order valence-electron chi connectivity index (χ4n) is 3.80. The van der Waals surface area contributed by atoms with E-state index < -0.39 is 15.9 Å². The molecule has 0 radical (unpaired) electrons. The average Bonchev–Trinajstić information content (AvgIpc) is 3.13. The number of aromatic nitrogens is 1. The van der Waals surface area contributed by atoms with Crippen LogP contribution in [0.5, 0.6) is 11.6 Å². The number of amides is 1. The number of methoxy groups -OCH3 is 1. The Morgan fingerprint density at radius 2 is 1.78 bits per heavy atom. The van der Waals surface area contributed by atoms with Gasteiger partial charge in [-0.3, -0.25) is 9.52 Å². The normalized spacial score (nSPS) is 11.9. The Kier molecular flexibility index (Phi) is 7.07. The third kappa shape index (κ3) is 5.08. The monoisotopic (exact) mass is 506 g/mol. The van der Waals surface area contributed by atoms with Crippen LogP contribution in [0.2, 0.25) is 0 Å². The summed E-state index contributed by atoms with van der Waals surface area (Å²) in [5.41, 5.74) is 1.26. The molecule has 0 unspecified atom stereocenters. The molecular formula is C26H26N4O5S. The number of aromatic hydroxyl groups is 1. The fraction of sp³-hybridized carbons (Fsp3) is 0.192. The second-order valence-electron chi connectivity index (χ2n) is 8.53. The highest BCUT2D eigenvalue weighted by molar-refractivity contribution is 7.92. The third-order valence-corrected chi connectivity index (χ3v) is 6.81. The maximum absolute atomic E-state index is 12.9. The first-order chi connectivity index (χ1) is 17.2. The topological polar surface area (TPSA) is 122 Å². The van der Waals surface area contributed by atoms with Gasteiger partial charge in [-0.25, -0.2) is 8.42 Å². The Morgan fingerprint density at radius 1 is 1.06 bits per heavy atom. The molecule has 0 saturated heterocycles. The molecule has 9 nitrogen and oxygen atoms in total. The zero-order valence-corrected chi connectivity index (χ0v) is 20.9. The Bertz CT molecular complexity index is 1560. The highest BCUT2D eigenvalue weighted by Crippen LogP contribution is 2.39. The van der Waals surface area contributed by atoms with Crippen molar-refractivity contribution in [3.05, 3.63) is 78.4 Å². The van der Waals surface area contributed by atoms with E-state index in [2.05, 4.69) is 15.0 Å². The molecule has 2 N–H and O–H groups in total. The largest absolute Gasteiger partial charge is 0.495 e. The Hall–Kier alpha value is -4.18. The highest BCUT2D eigenvalue weighted by Gasteiger charge is 2.20. The predicted molar refractivity (Wildman–Crippen MR) is 138 cm³/mol. The number of carbonyl (C=O) groups is 1. The number of carbonyl (C=O) groups excluding carboxylic acids is 1. The van der Waals surface area contributed by atoms with Gasteiger partial charge in [0.15, 0.2) is 5.69 Å². The Balaban J connectivity index is 1.63. The van der Waals surface area contributed by atoms with Gasteiger partial charge in [0.25, 0.3) is 15.9 Å². The van der Waals surface area contributed by atoms with Gasteiger partial charge in [0.2, 0.25) is 5.88 Å². The molecule has 0 fully saturated rings. The predicted octanol–water partition coefficient (Wildman–Crippen LogP) is 5.74. The minimum atomic E-state index is -4.01. The van der Waals surface area contributed by atoms with Crippen LogP contribution < -0.4 is 9.46 Å². The molecule has 1 aromatic heterocycles. The van der Waals surface area contributed by atoms with Crippen molar-refractivity contribution >= 4 is 38.2 Å². The first-order valence-electron chi connectivity index (χ1n) is 11.2. The molecule has 0 spiro atoms. The van der Waals surface area contributed by atoms with E-state index in [0.717, 1.165) is 5.52 Å². The van der Waals surface area contributed by atoms with Crippen LogP contribution in [0.15, 0.2) is 87.9 Å². The average molecular weight is 507 g/mol. The van der Waals surface area contributed by atoms with Gasteiger partial charge in [-0.1, -0.05) is 50.2 Å². The molecule has 4 aromatic rings. The van der Waals surface area contributed by atoms with E-state index in [1.807, 2.05) is 32.0 Å². The van der Waals surface area contributed by atoms with Gasteiger partial charge in [0.05, 0.1) is 23.2 Å². The molecule has 0 atom stereocenters. The number of hydrogen-bond acceptors (Lipinski definition) is 6. The molecule has 0 aliphatic heterocycles. The number of para-hydroxylation sites is 3. The molecule has 1 amide bonds. The molecule has 36 heavy (non-hydrogen) atoms. The van der Waals surface area contributed by atoms with Crippen LogP contribution in [0.4, 0.5) is 11.4 Å². The summed E-state index contributed by atoms with van der Waals surface area (Å²) in [5, 5.41) is 19.3. The summed E-state index contributed by atoms with van der Waals surface area (Å²) >= 11 is 0. The zero-order valence-electron chi connectivity index (χ0n) is 20.0. The maximum atomic E-state index is 12.9.